The molecule has 0 bridgehead atoms. The number of alkyl halides is 2. The standard InChI is InChI=1S/C30H41F2N7O4S/c1-19-22(17-36(8)34-19)39(44(41)42)26(40)21-9-10-23(33-25(21)37-16-20(27(2,3)4)15-28(37,5)6)38-14-11-24(35-38)43-18-30(12-13-30)29(7,31)32/h9-11,14,17,20H,12-13,15-16,18H2,1-8H3,(H,41,42)/p-1/t20-/m0/s1. The van der Waals surface area contributed by atoms with Gasteiger partial charge < -0.3 is 14.2 Å². The highest BCUT2D eigenvalue weighted by Gasteiger charge is 2.59. The summed E-state index contributed by atoms with van der Waals surface area (Å²) in [5.74, 6) is -2.49. The largest absolute Gasteiger partial charge is 0.755 e. The number of pyridine rings is 1. The van der Waals surface area contributed by atoms with Crippen LogP contribution in [-0.2, 0) is 18.3 Å². The van der Waals surface area contributed by atoms with Gasteiger partial charge in [-0.05, 0) is 63.5 Å². The maximum absolute atomic E-state index is 14.1. The first-order chi connectivity index (χ1) is 20.3. The van der Waals surface area contributed by atoms with Crippen LogP contribution in [0.1, 0.15) is 76.9 Å². The van der Waals surface area contributed by atoms with Crippen molar-refractivity contribution in [1.29, 1.82) is 0 Å². The van der Waals surface area contributed by atoms with Crippen molar-refractivity contribution in [3.63, 3.8) is 0 Å². The van der Waals surface area contributed by atoms with Crippen molar-refractivity contribution in [3.05, 3.63) is 41.9 Å². The Bertz CT molecular complexity index is 1590. The van der Waals surface area contributed by atoms with Gasteiger partial charge in [-0.1, -0.05) is 20.8 Å². The molecule has 3 aromatic heterocycles. The van der Waals surface area contributed by atoms with Gasteiger partial charge in [0.2, 0.25) is 5.88 Å². The van der Waals surface area contributed by atoms with Crippen molar-refractivity contribution in [3.8, 4) is 11.7 Å². The molecule has 0 aromatic carbocycles. The van der Waals surface area contributed by atoms with Gasteiger partial charge in [0, 0.05) is 44.5 Å². The second-order valence-electron chi connectivity index (χ2n) is 13.9. The Labute approximate surface area is 259 Å². The van der Waals surface area contributed by atoms with Gasteiger partial charge in [-0.2, -0.15) is 5.10 Å². The highest BCUT2D eigenvalue weighted by molar-refractivity contribution is 7.81. The molecule has 44 heavy (non-hydrogen) atoms. The van der Waals surface area contributed by atoms with E-state index < -0.39 is 34.1 Å². The minimum atomic E-state index is -2.93. The zero-order valence-electron chi connectivity index (χ0n) is 26.4. The third-order valence-corrected chi connectivity index (χ3v) is 9.73. The molecule has 2 atom stereocenters. The Morgan fingerprint density at radius 3 is 2.39 bits per heavy atom. The number of anilines is 2. The van der Waals surface area contributed by atoms with Crippen LogP contribution in [-0.4, -0.2) is 63.8 Å². The summed E-state index contributed by atoms with van der Waals surface area (Å²) in [4.78, 5) is 21.0. The molecule has 14 heteroatoms. The van der Waals surface area contributed by atoms with Gasteiger partial charge in [0.05, 0.1) is 33.6 Å². The normalized spacial score (nSPS) is 20.1. The van der Waals surface area contributed by atoms with Gasteiger partial charge in [0.25, 0.3) is 11.8 Å². The number of amides is 1. The fourth-order valence-electron chi connectivity index (χ4n) is 5.88. The first-order valence-electron chi connectivity index (χ1n) is 14.6. The lowest BCUT2D eigenvalue weighted by molar-refractivity contribution is -0.0712. The molecule has 0 radical (unpaired) electrons. The highest BCUT2D eigenvalue weighted by atomic mass is 32.2. The van der Waals surface area contributed by atoms with Crippen LogP contribution in [0.15, 0.2) is 30.6 Å². The zero-order chi connectivity index (χ0) is 32.4. The van der Waals surface area contributed by atoms with Crippen LogP contribution in [0.4, 0.5) is 20.3 Å². The average Bonchev–Trinajstić information content (AvgIpc) is 3.27. The van der Waals surface area contributed by atoms with Crippen molar-refractivity contribution in [1.82, 2.24) is 24.5 Å². The third kappa shape index (κ3) is 5.97. The molecule has 4 heterocycles. The van der Waals surface area contributed by atoms with Gasteiger partial charge in [0.1, 0.15) is 12.4 Å². The van der Waals surface area contributed by atoms with E-state index in [-0.39, 0.29) is 35.1 Å². The predicted molar refractivity (Wildman–Crippen MR) is 162 cm³/mol. The summed E-state index contributed by atoms with van der Waals surface area (Å²) in [6.45, 7) is 13.7. The number of ether oxygens (including phenoxy) is 1. The van der Waals surface area contributed by atoms with Crippen LogP contribution in [0, 0.1) is 23.7 Å². The van der Waals surface area contributed by atoms with Crippen molar-refractivity contribution >= 4 is 28.7 Å². The van der Waals surface area contributed by atoms with E-state index in [9.17, 15) is 22.3 Å². The molecule has 1 aliphatic carbocycles. The Balaban J connectivity index is 1.54. The smallest absolute Gasteiger partial charge is 0.273 e. The van der Waals surface area contributed by atoms with E-state index >= 15 is 0 Å². The van der Waals surface area contributed by atoms with Crippen LogP contribution in [0.3, 0.4) is 0 Å². The summed E-state index contributed by atoms with van der Waals surface area (Å²) in [6, 6.07) is 4.70. The number of nitrogens with zero attached hydrogens (tertiary/aromatic N) is 7. The molecule has 1 aliphatic heterocycles. The monoisotopic (exact) mass is 632 g/mol. The van der Waals surface area contributed by atoms with Crippen LogP contribution in [0.25, 0.3) is 5.82 Å². The molecule has 2 aliphatic rings. The van der Waals surface area contributed by atoms with Gasteiger partial charge >= 0.3 is 0 Å². The summed E-state index contributed by atoms with van der Waals surface area (Å²) in [5, 5.41) is 8.63. The summed E-state index contributed by atoms with van der Waals surface area (Å²) in [7, 11) is 1.65. The highest BCUT2D eigenvalue weighted by Crippen LogP contribution is 2.56. The zero-order valence-corrected chi connectivity index (χ0v) is 27.2. The molecule has 0 N–H and O–H groups in total. The summed E-state index contributed by atoms with van der Waals surface area (Å²) in [6.07, 6.45) is 4.70. The Hall–Kier alpha value is -3.39. The van der Waals surface area contributed by atoms with E-state index in [1.807, 2.05) is 0 Å². The molecule has 3 aromatic rings. The first kappa shape index (κ1) is 32.0. The second kappa shape index (κ2) is 10.9. The fourth-order valence-corrected chi connectivity index (χ4v) is 6.45. The molecule has 1 unspecified atom stereocenters. The van der Waals surface area contributed by atoms with E-state index in [4.69, 9.17) is 9.72 Å². The maximum Gasteiger partial charge on any atom is 0.273 e. The Kier molecular flexibility index (Phi) is 7.93. The molecule has 1 saturated heterocycles. The number of aryl methyl sites for hydroxylation is 2. The lowest BCUT2D eigenvalue weighted by atomic mass is 9.78. The van der Waals surface area contributed by atoms with Crippen molar-refractivity contribution in [2.75, 3.05) is 22.4 Å². The quantitative estimate of drug-likeness (QED) is 0.295. The van der Waals surface area contributed by atoms with Crippen LogP contribution >= 0.6 is 0 Å². The number of rotatable bonds is 9. The van der Waals surface area contributed by atoms with Gasteiger partial charge in [-0.15, -0.1) is 5.10 Å². The topological polar surface area (TPSA) is 121 Å². The Morgan fingerprint density at radius 1 is 1.18 bits per heavy atom. The van der Waals surface area contributed by atoms with Gasteiger partial charge in [-0.3, -0.25) is 13.7 Å². The minimum Gasteiger partial charge on any atom is -0.755 e. The maximum atomic E-state index is 14.1. The number of carbonyl (C=O) groups excluding carboxylic acids is 1. The van der Waals surface area contributed by atoms with E-state index in [1.54, 1.807) is 38.4 Å². The molecule has 2 fully saturated rings. The van der Waals surface area contributed by atoms with E-state index in [1.165, 1.54) is 15.6 Å². The number of carbonyl (C=O) groups is 1. The Morgan fingerprint density at radius 2 is 1.86 bits per heavy atom. The van der Waals surface area contributed by atoms with Crippen LogP contribution < -0.4 is 13.9 Å². The van der Waals surface area contributed by atoms with E-state index in [0.717, 1.165) is 13.3 Å². The molecule has 240 valence electrons. The SMILES string of the molecule is Cc1nn(C)cc1N(C(=O)c1ccc(-n2ccc(OCC3(C(C)(F)F)CC3)n2)nc1N1C[C@@H](C(C)(C)C)CC1(C)C)S(=O)[O-]. The lowest BCUT2D eigenvalue weighted by Gasteiger charge is -2.34. The van der Waals surface area contributed by atoms with Crippen molar-refractivity contribution < 1.29 is 27.1 Å². The molecular weight excluding hydrogens is 592 g/mol. The number of hydrogen-bond donors (Lipinski definition) is 0. The fraction of sp³-hybridized carbons (Fsp3) is 0.600. The minimum absolute atomic E-state index is 0.0222. The summed E-state index contributed by atoms with van der Waals surface area (Å²) in [5.41, 5.74) is -0.973. The predicted octanol–water partition coefficient (Wildman–Crippen LogP) is 5.22. The van der Waals surface area contributed by atoms with Crippen molar-refractivity contribution in [2.24, 2.45) is 23.8 Å². The molecule has 11 nitrogen and oxygen atoms in total. The van der Waals surface area contributed by atoms with Gasteiger partial charge in [0.15, 0.2) is 5.82 Å². The number of hydrogen-bond acceptors (Lipinski definition) is 8. The average molecular weight is 633 g/mol. The van der Waals surface area contributed by atoms with E-state index in [0.29, 0.717) is 41.0 Å². The van der Waals surface area contributed by atoms with Crippen molar-refractivity contribution in [2.45, 2.75) is 79.2 Å². The molecule has 1 amide bonds. The molecular formula is C30H40F2N7O4S-. The van der Waals surface area contributed by atoms with Crippen LogP contribution in [0.2, 0.25) is 0 Å². The first-order valence-corrected chi connectivity index (χ1v) is 15.7. The third-order valence-electron chi connectivity index (χ3n) is 9.07. The second-order valence-corrected chi connectivity index (χ2v) is 14.7. The molecule has 5 rings (SSSR count). The summed E-state index contributed by atoms with van der Waals surface area (Å²) < 4.78 is 62.3. The summed E-state index contributed by atoms with van der Waals surface area (Å²) >= 11 is -2.93. The number of aromatic nitrogens is 5. The van der Waals surface area contributed by atoms with Gasteiger partial charge in [-0.25, -0.2) is 22.8 Å². The number of halogens is 2. The molecule has 0 spiro atoms. The molecule has 1 saturated carbocycles. The van der Waals surface area contributed by atoms with Crippen LogP contribution in [0.5, 0.6) is 5.88 Å². The lowest BCUT2D eigenvalue weighted by Crippen LogP contribution is -2.41. The van der Waals surface area contributed by atoms with E-state index in [2.05, 4.69) is 49.7 Å².